The minimum Gasteiger partial charge on any atom is -0.315 e. The van der Waals surface area contributed by atoms with Crippen LogP contribution in [0.2, 0.25) is 0 Å². The van der Waals surface area contributed by atoms with Gasteiger partial charge in [-0.1, -0.05) is 85.0 Å². The number of rotatable bonds is 3. The molecule has 5 nitrogen and oxygen atoms in total. The zero-order chi connectivity index (χ0) is 28.5. The maximum Gasteiger partial charge on any atom is 0.235 e. The maximum absolute atomic E-state index is 5.32. The molecule has 0 spiro atoms. The molecule has 8 aromatic rings. The number of anilines is 2. The topological polar surface area (TPSA) is 46.8 Å². The van der Waals surface area contributed by atoms with Crippen LogP contribution in [0.3, 0.4) is 0 Å². The highest BCUT2D eigenvalue weighted by molar-refractivity contribution is 6.30. The fourth-order valence-electron chi connectivity index (χ4n) is 8.10. The zero-order valence-corrected chi connectivity index (χ0v) is 23.6. The van der Waals surface area contributed by atoms with Gasteiger partial charge in [0.1, 0.15) is 5.82 Å². The fourth-order valence-corrected chi connectivity index (χ4v) is 8.10. The molecule has 3 aromatic heterocycles. The van der Waals surface area contributed by atoms with Crippen molar-refractivity contribution >= 4 is 67.0 Å². The van der Waals surface area contributed by atoms with Crippen molar-refractivity contribution in [2.75, 3.05) is 4.90 Å². The van der Waals surface area contributed by atoms with E-state index in [4.69, 9.17) is 15.0 Å². The molecule has 2 aliphatic carbocycles. The van der Waals surface area contributed by atoms with E-state index in [0.717, 1.165) is 39.9 Å². The van der Waals surface area contributed by atoms with Crippen molar-refractivity contribution in [3.63, 3.8) is 0 Å². The smallest absolute Gasteiger partial charge is 0.235 e. The Morgan fingerprint density at radius 3 is 2.50 bits per heavy atom. The minimum absolute atomic E-state index is 0.0944. The summed E-state index contributed by atoms with van der Waals surface area (Å²) >= 11 is 0. The van der Waals surface area contributed by atoms with Crippen molar-refractivity contribution in [2.24, 2.45) is 0 Å². The third-order valence-corrected chi connectivity index (χ3v) is 9.80. The monoisotopic (exact) mass is 561 g/mol. The Morgan fingerprint density at radius 1 is 0.705 bits per heavy atom. The average molecular weight is 562 g/mol. The Labute approximate surface area is 252 Å². The Morgan fingerprint density at radius 2 is 1.59 bits per heavy atom. The minimum atomic E-state index is 0.0944. The molecule has 0 amide bonds. The number of hydrogen-bond acceptors (Lipinski definition) is 4. The number of nitrogens with zero attached hydrogens (tertiary/aromatic N) is 5. The Balaban J connectivity index is 1.30. The molecule has 0 fully saturated rings. The molecule has 204 valence electrons. The van der Waals surface area contributed by atoms with E-state index in [1.807, 2.05) is 12.3 Å². The number of pyridine rings is 1. The van der Waals surface area contributed by atoms with Gasteiger partial charge < -0.3 is 4.90 Å². The van der Waals surface area contributed by atoms with E-state index in [0.29, 0.717) is 5.95 Å². The summed E-state index contributed by atoms with van der Waals surface area (Å²) in [7, 11) is 0. The molecule has 1 unspecified atom stereocenters. The summed E-state index contributed by atoms with van der Waals surface area (Å²) in [6.45, 7) is 0. The van der Waals surface area contributed by atoms with Crippen molar-refractivity contribution in [1.29, 1.82) is 0 Å². The van der Waals surface area contributed by atoms with Gasteiger partial charge in [0.2, 0.25) is 5.95 Å². The largest absolute Gasteiger partial charge is 0.315 e. The highest BCUT2D eigenvalue weighted by Gasteiger charge is 2.38. The van der Waals surface area contributed by atoms with Gasteiger partial charge in [-0.25, -0.2) is 15.0 Å². The van der Waals surface area contributed by atoms with Crippen LogP contribution < -0.4 is 10.2 Å². The third-order valence-electron chi connectivity index (χ3n) is 9.80. The molecule has 44 heavy (non-hydrogen) atoms. The van der Waals surface area contributed by atoms with Crippen LogP contribution in [0.15, 0.2) is 109 Å². The first-order valence-corrected chi connectivity index (χ1v) is 15.1. The summed E-state index contributed by atoms with van der Waals surface area (Å²) < 4.78 is 2.32. The second-order valence-electron chi connectivity index (χ2n) is 12.0. The van der Waals surface area contributed by atoms with Crippen LogP contribution in [-0.4, -0.2) is 19.5 Å². The van der Waals surface area contributed by atoms with Crippen LogP contribution in [0, 0.1) is 0 Å². The lowest BCUT2D eigenvalue weighted by Gasteiger charge is -2.27. The van der Waals surface area contributed by atoms with E-state index in [-0.39, 0.29) is 6.04 Å². The highest BCUT2D eigenvalue weighted by atomic mass is 15.2. The lowest BCUT2D eigenvalue weighted by Crippen LogP contribution is -2.20. The van der Waals surface area contributed by atoms with Crippen LogP contribution in [-0.2, 0) is 6.42 Å². The summed E-state index contributed by atoms with van der Waals surface area (Å²) in [5.41, 5.74) is 9.42. The summed E-state index contributed by atoms with van der Waals surface area (Å²) in [5.74, 6) is 1.69. The van der Waals surface area contributed by atoms with E-state index >= 15 is 0 Å². The number of benzene rings is 5. The van der Waals surface area contributed by atoms with Crippen LogP contribution in [0.5, 0.6) is 0 Å². The maximum atomic E-state index is 5.32. The average Bonchev–Trinajstić information content (AvgIpc) is 3.62. The van der Waals surface area contributed by atoms with Gasteiger partial charge in [0.25, 0.3) is 0 Å². The van der Waals surface area contributed by atoms with E-state index in [2.05, 4.69) is 119 Å². The second kappa shape index (κ2) is 7.97. The summed E-state index contributed by atoms with van der Waals surface area (Å²) in [6.07, 6.45) is 9.78. The Hall–Kier alpha value is -5.81. The molecule has 0 radical (unpaired) electrons. The summed E-state index contributed by atoms with van der Waals surface area (Å²) in [6, 6.07) is 34.3. The Bertz CT molecular complexity index is 2630. The van der Waals surface area contributed by atoms with Crippen molar-refractivity contribution in [2.45, 2.75) is 12.5 Å². The number of hydrogen-bond donors (Lipinski definition) is 0. The number of fused-ring (bicyclic) bond motifs is 1. The van der Waals surface area contributed by atoms with Gasteiger partial charge in [-0.2, -0.15) is 0 Å². The number of para-hydroxylation sites is 1. The lowest BCUT2D eigenvalue weighted by molar-refractivity contribution is 0.877. The summed E-state index contributed by atoms with van der Waals surface area (Å²) in [5, 5.41) is 8.94. The fraction of sp³-hybridized carbons (Fsp3) is 0.0513. The van der Waals surface area contributed by atoms with Crippen molar-refractivity contribution in [3.05, 3.63) is 131 Å². The van der Waals surface area contributed by atoms with Gasteiger partial charge in [-0.05, 0) is 64.2 Å². The molecular weight excluding hydrogens is 538 g/mol. The Kier molecular flexibility index (Phi) is 4.12. The molecule has 0 bridgehead atoms. The van der Waals surface area contributed by atoms with Gasteiger partial charge >= 0.3 is 0 Å². The van der Waals surface area contributed by atoms with E-state index in [1.165, 1.54) is 54.7 Å². The van der Waals surface area contributed by atoms with E-state index in [9.17, 15) is 0 Å². The van der Waals surface area contributed by atoms with Gasteiger partial charge in [-0.15, -0.1) is 0 Å². The van der Waals surface area contributed by atoms with Gasteiger partial charge in [0.05, 0.1) is 33.8 Å². The molecule has 5 aromatic carbocycles. The SMILES string of the molecule is C1=CC2c3c4c(ccc5c4c4c(n(-c6nc(-c7ccccc7)c7ccccc7n6)c6ccc1c3c46)=CC5)N2c1ccccn1. The van der Waals surface area contributed by atoms with Crippen LogP contribution in [0.1, 0.15) is 22.7 Å². The second-order valence-corrected chi connectivity index (χ2v) is 12.0. The first kappa shape index (κ1) is 22.7. The summed E-state index contributed by atoms with van der Waals surface area (Å²) in [4.78, 5) is 17.8. The van der Waals surface area contributed by atoms with Crippen LogP contribution in [0.25, 0.3) is 72.7 Å². The highest BCUT2D eigenvalue weighted by Crippen LogP contribution is 2.56. The van der Waals surface area contributed by atoms with Gasteiger partial charge in [0, 0.05) is 33.3 Å². The van der Waals surface area contributed by atoms with Crippen molar-refractivity contribution < 1.29 is 0 Å². The predicted octanol–water partition coefficient (Wildman–Crippen LogP) is 8.22. The quantitative estimate of drug-likeness (QED) is 0.204. The molecule has 4 heterocycles. The number of aromatic nitrogens is 4. The van der Waals surface area contributed by atoms with Crippen LogP contribution >= 0.6 is 0 Å². The van der Waals surface area contributed by atoms with Gasteiger partial charge in [0.15, 0.2) is 0 Å². The normalized spacial score (nSPS) is 15.9. The van der Waals surface area contributed by atoms with Crippen LogP contribution in [0.4, 0.5) is 11.5 Å². The lowest BCUT2D eigenvalue weighted by atomic mass is 9.83. The third kappa shape index (κ3) is 2.69. The van der Waals surface area contributed by atoms with Crippen molar-refractivity contribution in [3.8, 4) is 17.2 Å². The van der Waals surface area contributed by atoms with Gasteiger partial charge in [-0.3, -0.25) is 4.57 Å². The molecule has 5 heteroatoms. The molecule has 0 N–H and O–H groups in total. The first-order valence-electron chi connectivity index (χ1n) is 15.1. The molecule has 0 saturated carbocycles. The van der Waals surface area contributed by atoms with Crippen molar-refractivity contribution in [1.82, 2.24) is 19.5 Å². The van der Waals surface area contributed by atoms with E-state index < -0.39 is 0 Å². The molecule has 1 atom stereocenters. The molecule has 11 rings (SSSR count). The molecule has 3 aliphatic rings. The molecular formula is C39H23N5. The standard InChI is InChI=1S/C39H23N5/c1-2-8-24(9-3-1)38-25-10-4-5-11-26(25)41-39(42-38)44-29-19-15-22-13-17-27-34-32(22)36(29)37-30(44)20-16-23-14-18-28(35(34)33(23)37)43(27)31-12-6-7-21-40-31/h1-15,17-21,27H,16H2. The van der Waals surface area contributed by atoms with E-state index in [1.54, 1.807) is 0 Å². The first-order chi connectivity index (χ1) is 21.8. The predicted molar refractivity (Wildman–Crippen MR) is 178 cm³/mol. The molecule has 1 aliphatic heterocycles. The molecule has 0 saturated heterocycles. The zero-order valence-electron chi connectivity index (χ0n) is 23.6.